The minimum absolute atomic E-state index is 0.489. The molecule has 2 aromatic heterocycles. The van der Waals surface area contributed by atoms with E-state index in [2.05, 4.69) is 15.0 Å². The maximum Gasteiger partial charge on any atom is 0.192 e. The van der Waals surface area contributed by atoms with Gasteiger partial charge in [-0.25, -0.2) is 9.97 Å². The third kappa shape index (κ3) is 3.75. The first-order valence-electron chi connectivity index (χ1n) is 6.22. The van der Waals surface area contributed by atoms with Gasteiger partial charge in [-0.15, -0.1) is 0 Å². The third-order valence-corrected chi connectivity index (χ3v) is 3.50. The van der Waals surface area contributed by atoms with Gasteiger partial charge in [0.25, 0.3) is 0 Å². The fourth-order valence-electron chi connectivity index (χ4n) is 1.70. The lowest BCUT2D eigenvalue weighted by atomic mass is 10.2. The topological polar surface area (TPSA) is 58.9 Å². The second-order valence-electron chi connectivity index (χ2n) is 4.38. The van der Waals surface area contributed by atoms with Crippen molar-refractivity contribution in [3.05, 3.63) is 41.5 Å². The van der Waals surface area contributed by atoms with Gasteiger partial charge in [0.05, 0.1) is 11.8 Å². The number of aliphatic hydroxyl groups excluding tert-OH is 1. The van der Waals surface area contributed by atoms with Crippen LogP contribution in [0.15, 0.2) is 34.4 Å². The summed E-state index contributed by atoms with van der Waals surface area (Å²) >= 11 is 1.48. The van der Waals surface area contributed by atoms with Crippen LogP contribution >= 0.6 is 11.8 Å². The van der Waals surface area contributed by atoms with Gasteiger partial charge in [-0.1, -0.05) is 6.92 Å². The summed E-state index contributed by atoms with van der Waals surface area (Å²) < 4.78 is 0. The van der Waals surface area contributed by atoms with Gasteiger partial charge in [-0.05, 0) is 50.2 Å². The van der Waals surface area contributed by atoms with Gasteiger partial charge in [-0.2, -0.15) is 0 Å². The molecule has 0 aliphatic rings. The van der Waals surface area contributed by atoms with Gasteiger partial charge in [0.2, 0.25) is 0 Å². The molecule has 100 valence electrons. The zero-order valence-electron chi connectivity index (χ0n) is 11.3. The number of hydrogen-bond acceptors (Lipinski definition) is 5. The van der Waals surface area contributed by atoms with Crippen molar-refractivity contribution in [2.75, 3.05) is 0 Å². The smallest absolute Gasteiger partial charge is 0.192 e. The van der Waals surface area contributed by atoms with Crippen LogP contribution in [0.1, 0.15) is 36.5 Å². The number of aromatic nitrogens is 3. The first-order chi connectivity index (χ1) is 9.08. The Morgan fingerprint density at radius 1 is 1.21 bits per heavy atom. The van der Waals surface area contributed by atoms with Gasteiger partial charge >= 0.3 is 0 Å². The SMILES string of the molecule is CCC(O)c1ccc(Sc2nc(C)cc(C)n2)cn1. The molecule has 0 spiro atoms. The number of aliphatic hydroxyl groups is 1. The number of aryl methyl sites for hydroxylation is 2. The first-order valence-corrected chi connectivity index (χ1v) is 7.04. The average Bonchev–Trinajstić information content (AvgIpc) is 2.37. The molecule has 2 aromatic rings. The van der Waals surface area contributed by atoms with Crippen molar-refractivity contribution in [3.63, 3.8) is 0 Å². The van der Waals surface area contributed by atoms with Gasteiger partial charge in [0.15, 0.2) is 5.16 Å². The van der Waals surface area contributed by atoms with E-state index in [1.54, 1.807) is 6.20 Å². The number of pyridine rings is 1. The molecule has 0 saturated carbocycles. The lowest BCUT2D eigenvalue weighted by Crippen LogP contribution is -1.98. The van der Waals surface area contributed by atoms with Crippen LogP contribution < -0.4 is 0 Å². The molecule has 5 heteroatoms. The molecular weight excluding hydrogens is 258 g/mol. The number of rotatable bonds is 4. The highest BCUT2D eigenvalue weighted by atomic mass is 32.2. The highest BCUT2D eigenvalue weighted by Gasteiger charge is 2.07. The number of hydrogen-bond donors (Lipinski definition) is 1. The molecule has 2 heterocycles. The minimum Gasteiger partial charge on any atom is -0.387 e. The lowest BCUT2D eigenvalue weighted by molar-refractivity contribution is 0.169. The van der Waals surface area contributed by atoms with E-state index in [9.17, 15) is 5.11 Å². The molecule has 1 unspecified atom stereocenters. The van der Waals surface area contributed by atoms with E-state index in [-0.39, 0.29) is 0 Å². The van der Waals surface area contributed by atoms with Crippen LogP contribution in [0.4, 0.5) is 0 Å². The van der Waals surface area contributed by atoms with E-state index in [0.717, 1.165) is 21.4 Å². The minimum atomic E-state index is -0.489. The van der Waals surface area contributed by atoms with E-state index in [1.807, 2.05) is 39.0 Å². The summed E-state index contributed by atoms with van der Waals surface area (Å²) in [6.45, 7) is 5.84. The number of nitrogens with zero attached hydrogens (tertiary/aromatic N) is 3. The molecule has 0 radical (unpaired) electrons. The maximum atomic E-state index is 9.69. The molecule has 0 saturated heterocycles. The zero-order valence-corrected chi connectivity index (χ0v) is 12.1. The Balaban J connectivity index is 2.15. The van der Waals surface area contributed by atoms with E-state index < -0.39 is 6.10 Å². The lowest BCUT2D eigenvalue weighted by Gasteiger charge is -2.07. The molecule has 0 aliphatic heterocycles. The van der Waals surface area contributed by atoms with E-state index in [0.29, 0.717) is 12.1 Å². The highest BCUT2D eigenvalue weighted by molar-refractivity contribution is 7.99. The molecule has 0 amide bonds. The molecule has 0 aliphatic carbocycles. The summed E-state index contributed by atoms with van der Waals surface area (Å²) in [6.07, 6.45) is 1.93. The van der Waals surface area contributed by atoms with Crippen LogP contribution in [0.25, 0.3) is 0 Å². The molecule has 0 fully saturated rings. The van der Waals surface area contributed by atoms with Crippen molar-refractivity contribution >= 4 is 11.8 Å². The maximum absolute atomic E-state index is 9.69. The van der Waals surface area contributed by atoms with Gasteiger partial charge in [0.1, 0.15) is 0 Å². The van der Waals surface area contributed by atoms with Crippen molar-refractivity contribution in [1.82, 2.24) is 15.0 Å². The van der Waals surface area contributed by atoms with Crippen molar-refractivity contribution < 1.29 is 5.11 Å². The van der Waals surface area contributed by atoms with Crippen LogP contribution in [0.5, 0.6) is 0 Å². The van der Waals surface area contributed by atoms with Crippen LogP contribution in [0, 0.1) is 13.8 Å². The van der Waals surface area contributed by atoms with E-state index in [1.165, 1.54) is 11.8 Å². The highest BCUT2D eigenvalue weighted by Crippen LogP contribution is 2.25. The Hall–Kier alpha value is -1.46. The van der Waals surface area contributed by atoms with Crippen molar-refractivity contribution in [2.45, 2.75) is 43.3 Å². The quantitative estimate of drug-likeness (QED) is 0.869. The summed E-state index contributed by atoms with van der Waals surface area (Å²) in [5.41, 5.74) is 2.62. The largest absolute Gasteiger partial charge is 0.387 e. The van der Waals surface area contributed by atoms with E-state index >= 15 is 0 Å². The Bertz CT molecular complexity index is 537. The third-order valence-electron chi connectivity index (χ3n) is 2.66. The monoisotopic (exact) mass is 275 g/mol. The molecule has 4 nitrogen and oxygen atoms in total. The fraction of sp³-hybridized carbons (Fsp3) is 0.357. The predicted octanol–water partition coefficient (Wildman–Crippen LogP) is 3.08. The molecule has 19 heavy (non-hydrogen) atoms. The second-order valence-corrected chi connectivity index (χ2v) is 5.42. The molecule has 0 aromatic carbocycles. The normalized spacial score (nSPS) is 12.4. The molecular formula is C14H17N3OS. The van der Waals surface area contributed by atoms with Gasteiger partial charge in [-0.3, -0.25) is 4.98 Å². The van der Waals surface area contributed by atoms with Crippen LogP contribution in [-0.4, -0.2) is 20.1 Å². The Morgan fingerprint density at radius 2 is 1.89 bits per heavy atom. The summed E-state index contributed by atoms with van der Waals surface area (Å²) in [5, 5.41) is 10.4. The van der Waals surface area contributed by atoms with Crippen molar-refractivity contribution in [2.24, 2.45) is 0 Å². The summed E-state index contributed by atoms with van der Waals surface area (Å²) in [5.74, 6) is 0. The summed E-state index contributed by atoms with van der Waals surface area (Å²) in [4.78, 5) is 14.0. The standard InChI is InChI=1S/C14H17N3OS/c1-4-13(18)12-6-5-11(8-15-12)19-14-16-9(2)7-10(3)17-14/h5-8,13,18H,4H2,1-3H3. The van der Waals surface area contributed by atoms with Crippen LogP contribution in [0.2, 0.25) is 0 Å². The predicted molar refractivity (Wildman–Crippen MR) is 75.1 cm³/mol. The second kappa shape index (κ2) is 6.12. The molecule has 0 bridgehead atoms. The summed E-state index contributed by atoms with van der Waals surface area (Å²) in [6, 6.07) is 5.73. The zero-order chi connectivity index (χ0) is 13.8. The first kappa shape index (κ1) is 14.0. The van der Waals surface area contributed by atoms with Crippen molar-refractivity contribution in [3.8, 4) is 0 Å². The van der Waals surface area contributed by atoms with Crippen molar-refractivity contribution in [1.29, 1.82) is 0 Å². The summed E-state index contributed by atoms with van der Waals surface area (Å²) in [7, 11) is 0. The Kier molecular flexibility index (Phi) is 4.50. The Labute approximate surface area is 117 Å². The van der Waals surface area contributed by atoms with Crippen LogP contribution in [-0.2, 0) is 0 Å². The molecule has 2 rings (SSSR count). The van der Waals surface area contributed by atoms with Crippen LogP contribution in [0.3, 0.4) is 0 Å². The van der Waals surface area contributed by atoms with Gasteiger partial charge in [0, 0.05) is 22.5 Å². The molecule has 1 atom stereocenters. The van der Waals surface area contributed by atoms with E-state index in [4.69, 9.17) is 0 Å². The fourth-order valence-corrected chi connectivity index (χ4v) is 2.53. The van der Waals surface area contributed by atoms with Gasteiger partial charge < -0.3 is 5.11 Å². The average molecular weight is 275 g/mol. The molecule has 1 N–H and O–H groups in total. The Morgan fingerprint density at radius 3 is 2.42 bits per heavy atom.